The molecule has 0 fully saturated rings. The Morgan fingerprint density at radius 1 is 1.42 bits per heavy atom. The molecule has 0 radical (unpaired) electrons. The second-order valence-electron chi connectivity index (χ2n) is 4.22. The fraction of sp³-hybridized carbons (Fsp3) is 0.455. The molecule has 0 heterocycles. The van der Waals surface area contributed by atoms with E-state index in [-0.39, 0.29) is 33.1 Å². The van der Waals surface area contributed by atoms with E-state index in [0.29, 0.717) is 6.61 Å². The zero-order valence-corrected chi connectivity index (χ0v) is 12.9. The molecule has 1 aromatic rings. The van der Waals surface area contributed by atoms with Crippen molar-refractivity contribution in [1.29, 1.82) is 0 Å². The highest BCUT2D eigenvalue weighted by Gasteiger charge is 2.22. The molecule has 0 bridgehead atoms. The maximum atomic E-state index is 12.1. The summed E-state index contributed by atoms with van der Waals surface area (Å²) < 4.78 is 31.6. The lowest BCUT2D eigenvalue weighted by molar-refractivity contribution is 0.161. The first-order valence-corrected chi connectivity index (χ1v) is 7.75. The molecule has 19 heavy (non-hydrogen) atoms. The lowest BCUT2D eigenvalue weighted by Gasteiger charge is -2.14. The second-order valence-corrected chi connectivity index (χ2v) is 6.77. The largest absolute Gasteiger partial charge is 0.398 e. The number of rotatable bonds is 6. The van der Waals surface area contributed by atoms with E-state index in [4.69, 9.17) is 33.7 Å². The lowest BCUT2D eigenvalue weighted by Crippen LogP contribution is -2.30. The monoisotopic (exact) mass is 326 g/mol. The van der Waals surface area contributed by atoms with Crippen molar-refractivity contribution in [2.45, 2.75) is 11.8 Å². The number of ether oxygens (including phenoxy) is 1. The Balaban J connectivity index is 2.95. The van der Waals surface area contributed by atoms with Gasteiger partial charge in [0.25, 0.3) is 0 Å². The molecule has 0 aliphatic carbocycles. The van der Waals surface area contributed by atoms with Gasteiger partial charge < -0.3 is 10.5 Å². The van der Waals surface area contributed by atoms with Crippen molar-refractivity contribution < 1.29 is 13.2 Å². The number of anilines is 1. The number of hydrogen-bond acceptors (Lipinski definition) is 4. The van der Waals surface area contributed by atoms with Crippen LogP contribution in [0.3, 0.4) is 0 Å². The number of nitrogen functional groups attached to an aromatic ring is 1. The van der Waals surface area contributed by atoms with Gasteiger partial charge in [-0.3, -0.25) is 0 Å². The average molecular weight is 327 g/mol. The normalized spacial score (nSPS) is 13.5. The number of hydrogen-bond donors (Lipinski definition) is 2. The summed E-state index contributed by atoms with van der Waals surface area (Å²) >= 11 is 11.6. The molecule has 0 spiro atoms. The predicted octanol–water partition coefficient (Wildman–Crippen LogP) is 2.14. The Hall–Kier alpha value is -0.530. The SMILES string of the molecule is COCC(C)CNS(=O)(=O)c1c(N)cc(Cl)cc1Cl. The zero-order chi connectivity index (χ0) is 14.6. The zero-order valence-electron chi connectivity index (χ0n) is 10.6. The van der Waals surface area contributed by atoms with Crippen LogP contribution in [0.15, 0.2) is 17.0 Å². The summed E-state index contributed by atoms with van der Waals surface area (Å²) in [4.78, 5) is -0.150. The standard InChI is InChI=1S/C11H16Cl2N2O3S/c1-7(6-18-2)5-15-19(16,17)11-9(13)3-8(12)4-10(11)14/h3-4,7,15H,5-6,14H2,1-2H3. The number of nitrogens with one attached hydrogen (secondary N) is 1. The Bertz CT molecular complexity index is 526. The van der Waals surface area contributed by atoms with Crippen LogP contribution in [0.1, 0.15) is 6.92 Å². The molecular formula is C11H16Cl2N2O3S. The summed E-state index contributed by atoms with van der Waals surface area (Å²) in [7, 11) is -2.22. The van der Waals surface area contributed by atoms with Crippen molar-refractivity contribution in [2.75, 3.05) is 26.0 Å². The maximum Gasteiger partial charge on any atom is 0.244 e. The topological polar surface area (TPSA) is 81.4 Å². The first-order valence-electron chi connectivity index (χ1n) is 5.51. The van der Waals surface area contributed by atoms with Crippen molar-refractivity contribution in [2.24, 2.45) is 5.92 Å². The Kier molecular flexibility index (Phi) is 5.88. The van der Waals surface area contributed by atoms with Crippen LogP contribution in [0, 0.1) is 5.92 Å². The minimum atomic E-state index is -3.77. The van der Waals surface area contributed by atoms with Gasteiger partial charge in [0.05, 0.1) is 10.7 Å². The maximum absolute atomic E-state index is 12.1. The third kappa shape index (κ3) is 4.50. The van der Waals surface area contributed by atoms with Crippen LogP contribution in [0.4, 0.5) is 5.69 Å². The fourth-order valence-electron chi connectivity index (χ4n) is 1.53. The Labute approximate surface area is 123 Å². The molecule has 8 heteroatoms. The number of sulfonamides is 1. The third-order valence-corrected chi connectivity index (χ3v) is 4.55. The molecule has 5 nitrogen and oxygen atoms in total. The van der Waals surface area contributed by atoms with E-state index in [2.05, 4.69) is 4.72 Å². The van der Waals surface area contributed by atoms with Gasteiger partial charge in [-0.2, -0.15) is 0 Å². The van der Waals surface area contributed by atoms with E-state index in [1.54, 1.807) is 7.11 Å². The summed E-state index contributed by atoms with van der Waals surface area (Å²) in [6.45, 7) is 2.54. The van der Waals surface area contributed by atoms with Crippen molar-refractivity contribution in [1.82, 2.24) is 4.72 Å². The minimum Gasteiger partial charge on any atom is -0.398 e. The highest BCUT2D eigenvalue weighted by atomic mass is 35.5. The summed E-state index contributed by atoms with van der Waals surface area (Å²) in [5, 5.41) is 0.283. The third-order valence-electron chi connectivity index (χ3n) is 2.38. The fourth-order valence-corrected chi connectivity index (χ4v) is 3.68. The van der Waals surface area contributed by atoms with Crippen molar-refractivity contribution in [3.8, 4) is 0 Å². The Morgan fingerprint density at radius 2 is 2.05 bits per heavy atom. The number of benzene rings is 1. The van der Waals surface area contributed by atoms with E-state index in [9.17, 15) is 8.42 Å². The van der Waals surface area contributed by atoms with Crippen LogP contribution < -0.4 is 10.5 Å². The molecule has 108 valence electrons. The van der Waals surface area contributed by atoms with Gasteiger partial charge in [-0.1, -0.05) is 30.1 Å². The number of halogens is 2. The van der Waals surface area contributed by atoms with Crippen LogP contribution in [0.2, 0.25) is 10.0 Å². The second kappa shape index (κ2) is 6.76. The lowest BCUT2D eigenvalue weighted by atomic mass is 10.2. The van der Waals surface area contributed by atoms with Crippen molar-refractivity contribution in [3.63, 3.8) is 0 Å². The van der Waals surface area contributed by atoms with Crippen molar-refractivity contribution in [3.05, 3.63) is 22.2 Å². The van der Waals surface area contributed by atoms with E-state index in [0.717, 1.165) is 0 Å². The van der Waals surface area contributed by atoms with Crippen LogP contribution in [0.25, 0.3) is 0 Å². The first-order chi connectivity index (χ1) is 8.77. The van der Waals surface area contributed by atoms with Crippen LogP contribution in [0.5, 0.6) is 0 Å². The number of methoxy groups -OCH3 is 1. The predicted molar refractivity (Wildman–Crippen MR) is 77.1 cm³/mol. The van der Waals surface area contributed by atoms with Gasteiger partial charge in [0.1, 0.15) is 4.90 Å². The summed E-state index contributed by atoms with van der Waals surface area (Å²) in [5.74, 6) is 0.0343. The highest BCUT2D eigenvalue weighted by Crippen LogP contribution is 2.30. The molecule has 0 amide bonds. The van der Waals surface area contributed by atoms with Crippen LogP contribution >= 0.6 is 23.2 Å². The summed E-state index contributed by atoms with van der Waals surface area (Å²) in [6.07, 6.45) is 0. The van der Waals surface area contributed by atoms with Crippen LogP contribution in [-0.4, -0.2) is 28.7 Å². The van der Waals surface area contributed by atoms with Gasteiger partial charge in [-0.15, -0.1) is 0 Å². The molecule has 1 rings (SSSR count). The average Bonchev–Trinajstić information content (AvgIpc) is 2.25. The van der Waals surface area contributed by atoms with Gasteiger partial charge in [0, 0.05) is 25.3 Å². The van der Waals surface area contributed by atoms with Gasteiger partial charge >= 0.3 is 0 Å². The molecule has 0 aromatic heterocycles. The molecule has 0 saturated heterocycles. The van der Waals surface area contributed by atoms with Crippen molar-refractivity contribution >= 4 is 38.9 Å². The van der Waals surface area contributed by atoms with E-state index < -0.39 is 10.0 Å². The smallest absolute Gasteiger partial charge is 0.244 e. The molecule has 1 atom stereocenters. The van der Waals surface area contributed by atoms with Gasteiger partial charge in [0.15, 0.2) is 0 Å². The molecule has 3 N–H and O–H groups in total. The van der Waals surface area contributed by atoms with Gasteiger partial charge in [0.2, 0.25) is 10.0 Å². The Morgan fingerprint density at radius 3 is 2.58 bits per heavy atom. The molecule has 1 unspecified atom stereocenters. The molecule has 1 aromatic carbocycles. The number of nitrogens with two attached hydrogens (primary N) is 1. The van der Waals surface area contributed by atoms with Gasteiger partial charge in [-0.05, 0) is 18.1 Å². The molecular weight excluding hydrogens is 311 g/mol. The summed E-state index contributed by atoms with van der Waals surface area (Å²) in [6, 6.07) is 2.69. The first kappa shape index (κ1) is 16.5. The molecule has 0 aliphatic heterocycles. The van der Waals surface area contributed by atoms with E-state index >= 15 is 0 Å². The quantitative estimate of drug-likeness (QED) is 0.784. The molecule has 0 aliphatic rings. The van der Waals surface area contributed by atoms with E-state index in [1.807, 2.05) is 6.92 Å². The summed E-state index contributed by atoms with van der Waals surface area (Å²) in [5.41, 5.74) is 5.68. The van der Waals surface area contributed by atoms with Crippen LogP contribution in [-0.2, 0) is 14.8 Å². The van der Waals surface area contributed by atoms with E-state index in [1.165, 1.54) is 12.1 Å². The minimum absolute atomic E-state index is 0.00288. The highest BCUT2D eigenvalue weighted by molar-refractivity contribution is 7.89. The molecule has 0 saturated carbocycles. The van der Waals surface area contributed by atoms with Gasteiger partial charge in [-0.25, -0.2) is 13.1 Å².